The highest BCUT2D eigenvalue weighted by Crippen LogP contribution is 2.23. The van der Waals surface area contributed by atoms with Gasteiger partial charge in [-0.25, -0.2) is 30.8 Å². The lowest BCUT2D eigenvalue weighted by Crippen LogP contribution is -2.33. The predicted molar refractivity (Wildman–Crippen MR) is 92.8 cm³/mol. The van der Waals surface area contributed by atoms with Crippen LogP contribution in [0.3, 0.4) is 0 Å². The topological polar surface area (TPSA) is 123 Å². The summed E-state index contributed by atoms with van der Waals surface area (Å²) in [5.41, 5.74) is -0.165. The third kappa shape index (κ3) is 4.00. The smallest absolute Gasteiger partial charge is 0.283 e. The monoisotopic (exact) mass is 399 g/mol. The van der Waals surface area contributed by atoms with E-state index >= 15 is 0 Å². The van der Waals surface area contributed by atoms with Crippen molar-refractivity contribution in [1.82, 2.24) is 14.0 Å². The molecule has 1 heterocycles. The van der Waals surface area contributed by atoms with Crippen LogP contribution in [0.4, 0.5) is 0 Å². The van der Waals surface area contributed by atoms with Crippen LogP contribution in [0.15, 0.2) is 52.4 Å². The van der Waals surface area contributed by atoms with Crippen LogP contribution < -0.4 is 9.46 Å². The molecule has 9 nitrogen and oxygen atoms in total. The van der Waals surface area contributed by atoms with Crippen molar-refractivity contribution in [3.8, 4) is 5.75 Å². The maximum atomic E-state index is 12.6. The summed E-state index contributed by atoms with van der Waals surface area (Å²) in [6.45, 7) is 0. The van der Waals surface area contributed by atoms with Gasteiger partial charge in [0.05, 0.1) is 13.3 Å². The fourth-order valence-corrected chi connectivity index (χ4v) is 4.61. The Kier molecular flexibility index (Phi) is 5.64. The second-order valence-electron chi connectivity index (χ2n) is 5.25. The normalized spacial score (nSPS) is 12.0. The molecule has 1 aromatic heterocycles. The molecule has 0 atom stereocenters. The average molecular weight is 399 g/mol. The number of carbonyl (C=O) groups excluding carboxylic acids is 1. The summed E-state index contributed by atoms with van der Waals surface area (Å²) < 4.78 is 57.4. The van der Waals surface area contributed by atoms with Crippen molar-refractivity contribution in [2.75, 3.05) is 21.2 Å². The van der Waals surface area contributed by atoms with Crippen molar-refractivity contribution in [2.24, 2.45) is 0 Å². The van der Waals surface area contributed by atoms with Gasteiger partial charge < -0.3 is 4.74 Å². The van der Waals surface area contributed by atoms with Gasteiger partial charge in [0.25, 0.3) is 15.9 Å². The van der Waals surface area contributed by atoms with E-state index in [2.05, 4.69) is 4.98 Å². The Bertz CT molecular complexity index is 1020. The molecule has 1 amide bonds. The Morgan fingerprint density at radius 3 is 2.15 bits per heavy atom. The molecule has 0 radical (unpaired) electrons. The van der Waals surface area contributed by atoms with Gasteiger partial charge in [0.1, 0.15) is 21.2 Å². The van der Waals surface area contributed by atoms with E-state index in [1.54, 1.807) is 0 Å². The lowest BCUT2D eigenvalue weighted by atomic mass is 10.3. The first kappa shape index (κ1) is 19.8. The van der Waals surface area contributed by atoms with Gasteiger partial charge in [0.2, 0.25) is 10.0 Å². The fourth-order valence-electron chi connectivity index (χ4n) is 1.95. The zero-order chi connectivity index (χ0) is 19.5. The minimum absolute atomic E-state index is 0.165. The predicted octanol–water partition coefficient (Wildman–Crippen LogP) is 0.459. The molecule has 0 unspecified atom stereocenters. The Morgan fingerprint density at radius 2 is 1.65 bits per heavy atom. The van der Waals surface area contributed by atoms with Crippen molar-refractivity contribution < 1.29 is 26.4 Å². The highest BCUT2D eigenvalue weighted by Gasteiger charge is 2.29. The molecule has 0 fully saturated rings. The highest BCUT2D eigenvalue weighted by atomic mass is 32.2. The van der Waals surface area contributed by atoms with Gasteiger partial charge in [-0.15, -0.1) is 0 Å². The van der Waals surface area contributed by atoms with Crippen LogP contribution in [0.1, 0.15) is 10.5 Å². The average Bonchev–Trinajstić information content (AvgIpc) is 2.61. The SMILES string of the molecule is COc1ccc(C(=O)NS(=O)(=O)c2ccccc2S(=O)(=O)N(C)C)nc1. The number of aromatic nitrogens is 1. The standard InChI is InChI=1S/C15H17N3O6S2/c1-18(2)26(22,23)14-7-5-4-6-13(14)25(20,21)17-15(19)12-9-8-11(24-3)10-16-12/h4-10H,1-3H3,(H,17,19). The quantitative estimate of drug-likeness (QED) is 0.748. The number of benzene rings is 1. The molecule has 140 valence electrons. The van der Waals surface area contributed by atoms with E-state index in [1.807, 2.05) is 4.72 Å². The summed E-state index contributed by atoms with van der Waals surface area (Å²) >= 11 is 0. The number of hydrogen-bond acceptors (Lipinski definition) is 7. The lowest BCUT2D eigenvalue weighted by molar-refractivity contribution is 0.0976. The van der Waals surface area contributed by atoms with Crippen molar-refractivity contribution >= 4 is 26.0 Å². The Morgan fingerprint density at radius 1 is 1.04 bits per heavy atom. The van der Waals surface area contributed by atoms with Crippen molar-refractivity contribution in [2.45, 2.75) is 9.79 Å². The van der Waals surface area contributed by atoms with Crippen LogP contribution in [-0.2, 0) is 20.0 Å². The number of hydrogen-bond donors (Lipinski definition) is 1. The van der Waals surface area contributed by atoms with E-state index in [4.69, 9.17) is 4.74 Å². The van der Waals surface area contributed by atoms with Crippen LogP contribution >= 0.6 is 0 Å². The summed E-state index contributed by atoms with van der Waals surface area (Å²) in [6, 6.07) is 7.74. The number of methoxy groups -OCH3 is 1. The summed E-state index contributed by atoms with van der Waals surface area (Å²) in [5.74, 6) is -0.600. The Labute approximate surface area is 151 Å². The lowest BCUT2D eigenvalue weighted by Gasteiger charge is -2.15. The third-order valence-corrected chi connectivity index (χ3v) is 6.72. The second kappa shape index (κ2) is 7.40. The molecule has 11 heteroatoms. The zero-order valence-electron chi connectivity index (χ0n) is 14.2. The Balaban J connectivity index is 2.41. The number of amides is 1. The number of pyridine rings is 1. The number of ether oxygens (including phenoxy) is 1. The largest absolute Gasteiger partial charge is 0.495 e. The maximum absolute atomic E-state index is 12.6. The minimum Gasteiger partial charge on any atom is -0.495 e. The summed E-state index contributed by atoms with van der Waals surface area (Å²) in [7, 11) is -4.50. The summed E-state index contributed by atoms with van der Waals surface area (Å²) in [6.07, 6.45) is 1.26. The minimum atomic E-state index is -4.45. The van der Waals surface area contributed by atoms with Gasteiger partial charge >= 0.3 is 0 Å². The number of sulfonamides is 2. The van der Waals surface area contributed by atoms with Gasteiger partial charge in [-0.2, -0.15) is 0 Å². The third-order valence-electron chi connectivity index (χ3n) is 3.33. The number of carbonyl (C=O) groups is 1. The fraction of sp³-hybridized carbons (Fsp3) is 0.200. The molecular formula is C15H17N3O6S2. The van der Waals surface area contributed by atoms with Crippen LogP contribution in [0.5, 0.6) is 5.75 Å². The van der Waals surface area contributed by atoms with E-state index in [-0.39, 0.29) is 5.69 Å². The first-order valence-electron chi connectivity index (χ1n) is 7.18. The molecule has 0 saturated heterocycles. The molecule has 0 aliphatic heterocycles. The van der Waals surface area contributed by atoms with E-state index in [0.717, 1.165) is 16.4 Å². The molecular weight excluding hydrogens is 382 g/mol. The van der Waals surface area contributed by atoms with Crippen molar-refractivity contribution in [3.63, 3.8) is 0 Å². The van der Waals surface area contributed by atoms with Gasteiger partial charge in [-0.05, 0) is 24.3 Å². The molecule has 26 heavy (non-hydrogen) atoms. The van der Waals surface area contributed by atoms with Crippen molar-refractivity contribution in [1.29, 1.82) is 0 Å². The van der Waals surface area contributed by atoms with E-state index in [0.29, 0.717) is 5.75 Å². The van der Waals surface area contributed by atoms with Crippen molar-refractivity contribution in [3.05, 3.63) is 48.3 Å². The van der Waals surface area contributed by atoms with Crippen LogP contribution in [0, 0.1) is 0 Å². The number of rotatable bonds is 6. The highest BCUT2D eigenvalue weighted by molar-refractivity contribution is 7.92. The first-order chi connectivity index (χ1) is 12.1. The van der Waals surface area contributed by atoms with Crippen LogP contribution in [0.25, 0.3) is 0 Å². The van der Waals surface area contributed by atoms with Gasteiger partial charge in [0, 0.05) is 14.1 Å². The number of nitrogens with one attached hydrogen (secondary N) is 1. The van der Waals surface area contributed by atoms with E-state index < -0.39 is 35.7 Å². The molecule has 2 rings (SSSR count). The Hall–Kier alpha value is -2.50. The second-order valence-corrected chi connectivity index (χ2v) is 9.02. The molecule has 0 aliphatic carbocycles. The molecule has 0 aliphatic rings. The van der Waals surface area contributed by atoms with Crippen LogP contribution in [0.2, 0.25) is 0 Å². The van der Waals surface area contributed by atoms with E-state index in [9.17, 15) is 21.6 Å². The van der Waals surface area contributed by atoms with E-state index in [1.165, 1.54) is 51.7 Å². The summed E-state index contributed by atoms with van der Waals surface area (Å²) in [5, 5.41) is 0. The van der Waals surface area contributed by atoms with Gasteiger partial charge in [-0.3, -0.25) is 4.79 Å². The molecule has 0 saturated carbocycles. The summed E-state index contributed by atoms with van der Waals surface area (Å²) in [4.78, 5) is 15.0. The maximum Gasteiger partial charge on any atom is 0.283 e. The van der Waals surface area contributed by atoms with Gasteiger partial charge in [0.15, 0.2) is 0 Å². The molecule has 1 N–H and O–H groups in total. The molecule has 0 bridgehead atoms. The van der Waals surface area contributed by atoms with Crippen LogP contribution in [-0.4, -0.2) is 53.2 Å². The molecule has 1 aromatic carbocycles. The molecule has 2 aromatic rings. The zero-order valence-corrected chi connectivity index (χ0v) is 15.8. The number of nitrogens with zero attached hydrogens (tertiary/aromatic N) is 2. The first-order valence-corrected chi connectivity index (χ1v) is 10.1. The van der Waals surface area contributed by atoms with Gasteiger partial charge in [-0.1, -0.05) is 12.1 Å². The molecule has 0 spiro atoms.